The molecule has 2 aromatic carbocycles. The van der Waals surface area contributed by atoms with E-state index in [2.05, 4.69) is 20.0 Å². The molecular weight excluding hydrogens is 408 g/mol. The standard InChI is InChI=1S/C20H20N4O5S/c1-14(29-17-8-6-16(28-2)7-9-17)19(25)23-15-4-10-18(11-5-15)30(26,27)24-20-21-12-3-13-22-20/h3-14H,1-2H3,(H,23,25)(H,21,22,24)/t14-/m0/s1. The van der Waals surface area contributed by atoms with E-state index in [1.54, 1.807) is 44.4 Å². The number of benzene rings is 2. The maximum Gasteiger partial charge on any atom is 0.265 e. The number of rotatable bonds is 8. The molecule has 30 heavy (non-hydrogen) atoms. The summed E-state index contributed by atoms with van der Waals surface area (Å²) in [7, 11) is -2.28. The van der Waals surface area contributed by atoms with Crippen LogP contribution >= 0.6 is 0 Å². The monoisotopic (exact) mass is 428 g/mol. The lowest BCUT2D eigenvalue weighted by molar-refractivity contribution is -0.122. The maximum absolute atomic E-state index is 12.4. The molecule has 0 fully saturated rings. The predicted molar refractivity (Wildman–Crippen MR) is 111 cm³/mol. The highest BCUT2D eigenvalue weighted by molar-refractivity contribution is 7.92. The molecule has 1 aromatic heterocycles. The fourth-order valence-corrected chi connectivity index (χ4v) is 3.36. The summed E-state index contributed by atoms with van der Waals surface area (Å²) in [6.45, 7) is 1.61. The average Bonchev–Trinajstić information content (AvgIpc) is 2.75. The van der Waals surface area contributed by atoms with Crippen LogP contribution in [0.4, 0.5) is 11.6 Å². The molecule has 3 aromatic rings. The Hall–Kier alpha value is -3.66. The van der Waals surface area contributed by atoms with Crippen molar-refractivity contribution in [2.24, 2.45) is 0 Å². The molecule has 3 rings (SSSR count). The third-order valence-electron chi connectivity index (χ3n) is 3.97. The second kappa shape index (κ2) is 9.23. The Labute approximate surface area is 174 Å². The second-order valence-corrected chi connectivity index (χ2v) is 7.81. The van der Waals surface area contributed by atoms with Crippen LogP contribution in [0.25, 0.3) is 0 Å². The number of nitrogens with one attached hydrogen (secondary N) is 2. The third-order valence-corrected chi connectivity index (χ3v) is 5.31. The quantitative estimate of drug-likeness (QED) is 0.566. The fraction of sp³-hybridized carbons (Fsp3) is 0.150. The lowest BCUT2D eigenvalue weighted by atomic mass is 10.3. The van der Waals surface area contributed by atoms with Crippen LogP contribution in [0.5, 0.6) is 11.5 Å². The summed E-state index contributed by atoms with van der Waals surface area (Å²) in [6.07, 6.45) is 2.09. The lowest BCUT2D eigenvalue weighted by Crippen LogP contribution is -2.30. The normalized spacial score (nSPS) is 11.9. The van der Waals surface area contributed by atoms with E-state index in [1.807, 2.05) is 0 Å². The van der Waals surface area contributed by atoms with Gasteiger partial charge in [-0.25, -0.2) is 23.1 Å². The Kier molecular flexibility index (Phi) is 6.48. The van der Waals surface area contributed by atoms with Gasteiger partial charge in [0.25, 0.3) is 15.9 Å². The zero-order chi connectivity index (χ0) is 21.6. The van der Waals surface area contributed by atoms with E-state index in [4.69, 9.17) is 9.47 Å². The molecule has 0 saturated heterocycles. The van der Waals surface area contributed by atoms with Crippen LogP contribution < -0.4 is 19.5 Å². The number of sulfonamides is 1. The highest BCUT2D eigenvalue weighted by Crippen LogP contribution is 2.19. The molecule has 1 heterocycles. The first-order valence-electron chi connectivity index (χ1n) is 8.89. The van der Waals surface area contributed by atoms with Crippen molar-refractivity contribution in [2.45, 2.75) is 17.9 Å². The molecule has 1 atom stereocenters. The van der Waals surface area contributed by atoms with Gasteiger partial charge in [-0.1, -0.05) is 0 Å². The molecule has 0 bridgehead atoms. The minimum atomic E-state index is -3.84. The maximum atomic E-state index is 12.4. The van der Waals surface area contributed by atoms with Gasteiger partial charge in [-0.2, -0.15) is 0 Å². The first-order chi connectivity index (χ1) is 14.4. The van der Waals surface area contributed by atoms with Gasteiger partial charge < -0.3 is 14.8 Å². The van der Waals surface area contributed by atoms with Gasteiger partial charge in [-0.05, 0) is 61.5 Å². The van der Waals surface area contributed by atoms with Crippen molar-refractivity contribution in [3.05, 3.63) is 67.0 Å². The SMILES string of the molecule is COc1ccc(O[C@@H](C)C(=O)Nc2ccc(S(=O)(=O)Nc3ncccn3)cc2)cc1. The lowest BCUT2D eigenvalue weighted by Gasteiger charge is -2.15. The Morgan fingerprint density at radius 2 is 1.57 bits per heavy atom. The van der Waals surface area contributed by atoms with Crippen LogP contribution in [-0.2, 0) is 14.8 Å². The molecule has 2 N–H and O–H groups in total. The summed E-state index contributed by atoms with van der Waals surface area (Å²) in [5, 5.41) is 2.68. The van der Waals surface area contributed by atoms with Gasteiger partial charge in [0.1, 0.15) is 11.5 Å². The fourth-order valence-electron chi connectivity index (χ4n) is 2.40. The molecule has 0 spiro atoms. The van der Waals surface area contributed by atoms with Gasteiger partial charge in [0.05, 0.1) is 12.0 Å². The van der Waals surface area contributed by atoms with Gasteiger partial charge in [-0.15, -0.1) is 0 Å². The van der Waals surface area contributed by atoms with E-state index in [0.717, 1.165) is 0 Å². The molecule has 1 amide bonds. The molecule has 0 aliphatic rings. The van der Waals surface area contributed by atoms with Crippen LogP contribution in [0.3, 0.4) is 0 Å². The number of nitrogens with zero attached hydrogens (tertiary/aromatic N) is 2. The summed E-state index contributed by atoms with van der Waals surface area (Å²) in [5.74, 6) is 0.800. The number of methoxy groups -OCH3 is 1. The summed E-state index contributed by atoms with van der Waals surface area (Å²) in [5.41, 5.74) is 0.431. The van der Waals surface area contributed by atoms with Crippen molar-refractivity contribution in [1.29, 1.82) is 0 Å². The molecule has 9 nitrogen and oxygen atoms in total. The van der Waals surface area contributed by atoms with Gasteiger partial charge in [0, 0.05) is 18.1 Å². The zero-order valence-corrected chi connectivity index (χ0v) is 17.1. The van der Waals surface area contributed by atoms with Crippen LogP contribution in [0.2, 0.25) is 0 Å². The zero-order valence-electron chi connectivity index (χ0n) is 16.3. The topological polar surface area (TPSA) is 120 Å². The highest BCUT2D eigenvalue weighted by Gasteiger charge is 2.17. The Bertz CT molecular complexity index is 1090. The smallest absolute Gasteiger partial charge is 0.265 e. The predicted octanol–water partition coefficient (Wildman–Crippen LogP) is 2.69. The number of ether oxygens (including phenoxy) is 2. The van der Waals surface area contributed by atoms with Crippen molar-refractivity contribution < 1.29 is 22.7 Å². The van der Waals surface area contributed by atoms with Crippen molar-refractivity contribution in [3.8, 4) is 11.5 Å². The van der Waals surface area contributed by atoms with E-state index >= 15 is 0 Å². The van der Waals surface area contributed by atoms with E-state index in [1.165, 1.54) is 36.7 Å². The molecule has 10 heteroatoms. The largest absolute Gasteiger partial charge is 0.497 e. The summed E-state index contributed by atoms with van der Waals surface area (Å²) in [6, 6.07) is 14.1. The van der Waals surface area contributed by atoms with Gasteiger partial charge >= 0.3 is 0 Å². The molecular formula is C20H20N4O5S. The summed E-state index contributed by atoms with van der Waals surface area (Å²) in [4.78, 5) is 20.0. The van der Waals surface area contributed by atoms with E-state index < -0.39 is 16.1 Å². The van der Waals surface area contributed by atoms with Crippen LogP contribution in [-0.4, -0.2) is 37.5 Å². The summed E-state index contributed by atoms with van der Waals surface area (Å²) >= 11 is 0. The first-order valence-corrected chi connectivity index (χ1v) is 10.4. The first kappa shape index (κ1) is 21.1. The Balaban J connectivity index is 1.60. The Morgan fingerprint density at radius 3 is 2.17 bits per heavy atom. The minimum absolute atomic E-state index is 0.00971. The van der Waals surface area contributed by atoms with E-state index in [0.29, 0.717) is 17.2 Å². The summed E-state index contributed by atoms with van der Waals surface area (Å²) < 4.78 is 37.7. The number of aromatic nitrogens is 2. The molecule has 0 saturated carbocycles. The van der Waals surface area contributed by atoms with Crippen molar-refractivity contribution in [3.63, 3.8) is 0 Å². The number of anilines is 2. The third kappa shape index (κ3) is 5.45. The van der Waals surface area contributed by atoms with Crippen molar-refractivity contribution >= 4 is 27.6 Å². The molecule has 0 aliphatic carbocycles. The number of hydrogen-bond acceptors (Lipinski definition) is 7. The van der Waals surface area contributed by atoms with Crippen LogP contribution in [0.15, 0.2) is 71.9 Å². The van der Waals surface area contributed by atoms with Crippen molar-refractivity contribution in [1.82, 2.24) is 9.97 Å². The molecule has 156 valence electrons. The molecule has 0 aliphatic heterocycles. The van der Waals surface area contributed by atoms with Crippen LogP contribution in [0.1, 0.15) is 6.92 Å². The second-order valence-electron chi connectivity index (χ2n) is 6.13. The van der Waals surface area contributed by atoms with E-state index in [9.17, 15) is 13.2 Å². The number of hydrogen-bond donors (Lipinski definition) is 2. The average molecular weight is 428 g/mol. The highest BCUT2D eigenvalue weighted by atomic mass is 32.2. The van der Waals surface area contributed by atoms with E-state index in [-0.39, 0.29) is 16.8 Å². The molecule has 0 unspecified atom stereocenters. The minimum Gasteiger partial charge on any atom is -0.497 e. The number of amides is 1. The number of carbonyl (C=O) groups is 1. The van der Waals surface area contributed by atoms with Gasteiger partial charge in [0.15, 0.2) is 6.10 Å². The van der Waals surface area contributed by atoms with Gasteiger partial charge in [-0.3, -0.25) is 4.79 Å². The number of carbonyl (C=O) groups excluding carboxylic acids is 1. The van der Waals surface area contributed by atoms with Crippen molar-refractivity contribution in [2.75, 3.05) is 17.1 Å². The molecule has 0 radical (unpaired) electrons. The van der Waals surface area contributed by atoms with Gasteiger partial charge in [0.2, 0.25) is 5.95 Å². The Morgan fingerprint density at radius 1 is 0.967 bits per heavy atom. The van der Waals surface area contributed by atoms with Crippen LogP contribution in [0, 0.1) is 0 Å².